The molecule has 0 amide bonds. The number of rotatable bonds is 5. The number of methoxy groups -OCH3 is 1. The van der Waals surface area contributed by atoms with Crippen LogP contribution in [-0.4, -0.2) is 7.11 Å². The molecule has 0 spiro atoms. The number of hydrogen-bond donors (Lipinski definition) is 1. The van der Waals surface area contributed by atoms with E-state index < -0.39 is 0 Å². The van der Waals surface area contributed by atoms with E-state index in [1.54, 1.807) is 18.4 Å². The van der Waals surface area contributed by atoms with Gasteiger partial charge in [-0.25, -0.2) is 0 Å². The molecule has 17 heavy (non-hydrogen) atoms. The molecule has 1 aromatic heterocycles. The summed E-state index contributed by atoms with van der Waals surface area (Å²) in [5.74, 6) is 0.946. The van der Waals surface area contributed by atoms with Gasteiger partial charge in [0.05, 0.1) is 7.11 Å². The molecule has 0 aliphatic carbocycles. The Balaban J connectivity index is 1.92. The Kier molecular flexibility index (Phi) is 4.18. The van der Waals surface area contributed by atoms with Crippen molar-refractivity contribution in [1.29, 1.82) is 0 Å². The number of para-hydroxylation sites is 1. The first kappa shape index (κ1) is 12.1. The third-order valence-electron chi connectivity index (χ3n) is 2.79. The molecule has 1 heterocycles. The zero-order valence-electron chi connectivity index (χ0n) is 10.2. The first-order chi connectivity index (χ1) is 8.31. The number of hydrogen-bond acceptors (Lipinski definition) is 3. The standard InChI is InChI=1S/C14H17NOS/c1-11-9-17-10-13(11)8-15-7-12-5-3-4-6-14(12)16-2/h3-6,9-10,15H,7-8H2,1-2H3. The molecule has 2 aromatic rings. The zero-order valence-corrected chi connectivity index (χ0v) is 11.0. The average molecular weight is 247 g/mol. The summed E-state index contributed by atoms with van der Waals surface area (Å²) < 4.78 is 5.32. The maximum atomic E-state index is 5.32. The number of thiophene rings is 1. The predicted octanol–water partition coefficient (Wildman–Crippen LogP) is 3.35. The Morgan fingerprint density at radius 3 is 2.59 bits per heavy atom. The number of aryl methyl sites for hydroxylation is 1. The normalized spacial score (nSPS) is 10.5. The van der Waals surface area contributed by atoms with E-state index in [1.165, 1.54) is 16.7 Å². The fraction of sp³-hybridized carbons (Fsp3) is 0.286. The summed E-state index contributed by atoms with van der Waals surface area (Å²) in [5, 5.41) is 7.83. The molecule has 1 aromatic carbocycles. The van der Waals surface area contributed by atoms with Gasteiger partial charge in [0.15, 0.2) is 0 Å². The lowest BCUT2D eigenvalue weighted by molar-refractivity contribution is 0.407. The Morgan fingerprint density at radius 1 is 1.12 bits per heavy atom. The van der Waals surface area contributed by atoms with E-state index in [0.717, 1.165) is 18.8 Å². The van der Waals surface area contributed by atoms with E-state index in [2.05, 4.69) is 29.1 Å². The molecule has 0 saturated carbocycles. The minimum Gasteiger partial charge on any atom is -0.496 e. The van der Waals surface area contributed by atoms with Gasteiger partial charge in [-0.05, 0) is 34.9 Å². The van der Waals surface area contributed by atoms with Gasteiger partial charge in [0.1, 0.15) is 5.75 Å². The third-order valence-corrected chi connectivity index (χ3v) is 3.70. The van der Waals surface area contributed by atoms with Gasteiger partial charge in [-0.1, -0.05) is 18.2 Å². The second-order valence-corrected chi connectivity index (χ2v) is 4.74. The highest BCUT2D eigenvalue weighted by Gasteiger charge is 2.02. The SMILES string of the molecule is COc1ccccc1CNCc1cscc1C. The summed E-state index contributed by atoms with van der Waals surface area (Å²) in [6.07, 6.45) is 0. The summed E-state index contributed by atoms with van der Waals surface area (Å²) in [4.78, 5) is 0. The number of ether oxygens (including phenoxy) is 1. The van der Waals surface area contributed by atoms with Gasteiger partial charge in [-0.3, -0.25) is 0 Å². The molecular formula is C14H17NOS. The van der Waals surface area contributed by atoms with Crippen molar-refractivity contribution in [1.82, 2.24) is 5.32 Å². The van der Waals surface area contributed by atoms with Crippen molar-refractivity contribution >= 4 is 11.3 Å². The first-order valence-electron chi connectivity index (χ1n) is 5.65. The molecule has 0 atom stereocenters. The summed E-state index contributed by atoms with van der Waals surface area (Å²) in [7, 11) is 1.71. The van der Waals surface area contributed by atoms with E-state index in [1.807, 2.05) is 18.2 Å². The van der Waals surface area contributed by atoms with Crippen LogP contribution in [0, 0.1) is 6.92 Å². The predicted molar refractivity (Wildman–Crippen MR) is 72.6 cm³/mol. The van der Waals surface area contributed by atoms with Crippen LogP contribution >= 0.6 is 11.3 Å². The second kappa shape index (κ2) is 5.84. The molecule has 0 unspecified atom stereocenters. The van der Waals surface area contributed by atoms with Crippen LogP contribution in [0.3, 0.4) is 0 Å². The van der Waals surface area contributed by atoms with Crippen LogP contribution in [0.25, 0.3) is 0 Å². The third kappa shape index (κ3) is 3.08. The molecule has 1 N–H and O–H groups in total. The van der Waals surface area contributed by atoms with Gasteiger partial charge < -0.3 is 10.1 Å². The lowest BCUT2D eigenvalue weighted by atomic mass is 10.2. The average Bonchev–Trinajstić information content (AvgIpc) is 2.76. The highest BCUT2D eigenvalue weighted by Crippen LogP contribution is 2.17. The lowest BCUT2D eigenvalue weighted by Gasteiger charge is -2.09. The molecule has 3 heteroatoms. The molecule has 2 nitrogen and oxygen atoms in total. The quantitative estimate of drug-likeness (QED) is 0.875. The van der Waals surface area contributed by atoms with Crippen molar-refractivity contribution in [3.8, 4) is 5.75 Å². The van der Waals surface area contributed by atoms with E-state index in [9.17, 15) is 0 Å². The van der Waals surface area contributed by atoms with Crippen LogP contribution in [0.4, 0.5) is 0 Å². The van der Waals surface area contributed by atoms with Crippen molar-refractivity contribution < 1.29 is 4.74 Å². The van der Waals surface area contributed by atoms with E-state index in [0.29, 0.717) is 0 Å². The monoisotopic (exact) mass is 247 g/mol. The van der Waals surface area contributed by atoms with E-state index in [-0.39, 0.29) is 0 Å². The molecule has 90 valence electrons. The molecule has 0 radical (unpaired) electrons. The van der Waals surface area contributed by atoms with Gasteiger partial charge in [0.25, 0.3) is 0 Å². The minimum absolute atomic E-state index is 0.833. The van der Waals surface area contributed by atoms with Crippen LogP contribution in [0.15, 0.2) is 35.0 Å². The topological polar surface area (TPSA) is 21.3 Å². The van der Waals surface area contributed by atoms with Crippen LogP contribution in [-0.2, 0) is 13.1 Å². The van der Waals surface area contributed by atoms with E-state index >= 15 is 0 Å². The van der Waals surface area contributed by atoms with Gasteiger partial charge >= 0.3 is 0 Å². The van der Waals surface area contributed by atoms with Crippen LogP contribution < -0.4 is 10.1 Å². The molecule has 0 aliphatic rings. The fourth-order valence-electron chi connectivity index (χ4n) is 1.75. The Morgan fingerprint density at radius 2 is 1.88 bits per heavy atom. The van der Waals surface area contributed by atoms with Crippen LogP contribution in [0.2, 0.25) is 0 Å². The van der Waals surface area contributed by atoms with Crippen molar-refractivity contribution in [3.05, 3.63) is 51.7 Å². The summed E-state index contributed by atoms with van der Waals surface area (Å²) in [6, 6.07) is 8.11. The van der Waals surface area contributed by atoms with Gasteiger partial charge in [0, 0.05) is 18.7 Å². The van der Waals surface area contributed by atoms with Crippen molar-refractivity contribution in [2.75, 3.05) is 7.11 Å². The molecule has 0 bridgehead atoms. The van der Waals surface area contributed by atoms with Crippen LogP contribution in [0.5, 0.6) is 5.75 Å². The van der Waals surface area contributed by atoms with Crippen molar-refractivity contribution in [2.45, 2.75) is 20.0 Å². The van der Waals surface area contributed by atoms with Gasteiger partial charge in [-0.15, -0.1) is 0 Å². The smallest absolute Gasteiger partial charge is 0.123 e. The first-order valence-corrected chi connectivity index (χ1v) is 6.60. The summed E-state index contributed by atoms with van der Waals surface area (Å²) in [6.45, 7) is 3.89. The molecule has 0 saturated heterocycles. The van der Waals surface area contributed by atoms with Gasteiger partial charge in [0.2, 0.25) is 0 Å². The van der Waals surface area contributed by atoms with Crippen molar-refractivity contribution in [2.24, 2.45) is 0 Å². The molecule has 0 aliphatic heterocycles. The fourth-order valence-corrected chi connectivity index (χ4v) is 2.61. The number of nitrogens with one attached hydrogen (secondary N) is 1. The summed E-state index contributed by atoms with van der Waals surface area (Å²) in [5.41, 5.74) is 3.94. The lowest BCUT2D eigenvalue weighted by Crippen LogP contribution is -2.13. The number of benzene rings is 1. The molecule has 0 fully saturated rings. The second-order valence-electron chi connectivity index (χ2n) is 4.00. The Bertz CT molecular complexity index is 479. The van der Waals surface area contributed by atoms with Crippen molar-refractivity contribution in [3.63, 3.8) is 0 Å². The maximum absolute atomic E-state index is 5.32. The zero-order chi connectivity index (χ0) is 12.1. The maximum Gasteiger partial charge on any atom is 0.123 e. The highest BCUT2D eigenvalue weighted by atomic mass is 32.1. The van der Waals surface area contributed by atoms with E-state index in [4.69, 9.17) is 4.74 Å². The minimum atomic E-state index is 0.833. The summed E-state index contributed by atoms with van der Waals surface area (Å²) >= 11 is 1.76. The Hall–Kier alpha value is -1.32. The van der Waals surface area contributed by atoms with Crippen LogP contribution in [0.1, 0.15) is 16.7 Å². The largest absolute Gasteiger partial charge is 0.496 e. The Labute approximate surface area is 106 Å². The molecule has 2 rings (SSSR count). The molecular weight excluding hydrogens is 230 g/mol. The van der Waals surface area contributed by atoms with Gasteiger partial charge in [-0.2, -0.15) is 11.3 Å². The highest BCUT2D eigenvalue weighted by molar-refractivity contribution is 7.08.